The maximum Gasteiger partial charge on any atom is 0.255 e. The summed E-state index contributed by atoms with van der Waals surface area (Å²) in [6.45, 7) is 0.0587. The molecule has 1 unspecified atom stereocenters. The summed E-state index contributed by atoms with van der Waals surface area (Å²) in [6.07, 6.45) is 2.84. The molecule has 2 heterocycles. The number of halogens is 1. The standard InChI is InChI=1S/C18H19ClN4O5S/c1-27-13-8-10(7-11(19)15(13)28-9-14(20)24)17(26)23-5-2-3-12(23)16(25)22-18-21-4-6-29-18/h4,6-8,12H,2-3,5,9H2,1H3,(H2,20,24)(H,21,22,25). The van der Waals surface area contributed by atoms with E-state index in [-0.39, 0.29) is 40.5 Å². The van der Waals surface area contributed by atoms with Gasteiger partial charge in [-0.1, -0.05) is 11.6 Å². The van der Waals surface area contributed by atoms with Crippen LogP contribution in [0, 0.1) is 0 Å². The van der Waals surface area contributed by atoms with Crippen LogP contribution >= 0.6 is 22.9 Å². The molecule has 0 aliphatic carbocycles. The van der Waals surface area contributed by atoms with Gasteiger partial charge in [-0.3, -0.25) is 14.4 Å². The molecule has 1 atom stereocenters. The van der Waals surface area contributed by atoms with Gasteiger partial charge in [-0.25, -0.2) is 4.98 Å². The largest absolute Gasteiger partial charge is 0.493 e. The SMILES string of the molecule is COc1cc(C(=O)N2CCCC2C(=O)Nc2nccs2)cc(Cl)c1OCC(N)=O. The van der Waals surface area contributed by atoms with Crippen molar-refractivity contribution in [3.05, 3.63) is 34.3 Å². The zero-order valence-corrected chi connectivity index (χ0v) is 17.1. The van der Waals surface area contributed by atoms with Gasteiger partial charge < -0.3 is 25.4 Å². The van der Waals surface area contributed by atoms with E-state index in [2.05, 4.69) is 10.3 Å². The Hall–Kier alpha value is -2.85. The fourth-order valence-electron chi connectivity index (χ4n) is 3.05. The number of amides is 3. The number of primary amides is 1. The number of likely N-dealkylation sites (tertiary alicyclic amines) is 1. The number of carbonyl (C=O) groups excluding carboxylic acids is 3. The second-order valence-electron chi connectivity index (χ2n) is 6.23. The van der Waals surface area contributed by atoms with Crippen LogP contribution in [-0.2, 0) is 9.59 Å². The summed E-state index contributed by atoms with van der Waals surface area (Å²) >= 11 is 7.53. The Morgan fingerprint density at radius 3 is 2.86 bits per heavy atom. The first-order chi connectivity index (χ1) is 13.9. The Balaban J connectivity index is 1.80. The predicted octanol–water partition coefficient (Wildman–Crippen LogP) is 1.91. The molecule has 0 saturated carbocycles. The number of benzene rings is 1. The van der Waals surface area contributed by atoms with Crippen molar-refractivity contribution in [1.29, 1.82) is 0 Å². The van der Waals surface area contributed by atoms with Gasteiger partial charge >= 0.3 is 0 Å². The third kappa shape index (κ3) is 4.77. The Morgan fingerprint density at radius 1 is 1.41 bits per heavy atom. The highest BCUT2D eigenvalue weighted by Gasteiger charge is 2.35. The molecule has 29 heavy (non-hydrogen) atoms. The van der Waals surface area contributed by atoms with E-state index in [0.29, 0.717) is 24.5 Å². The molecule has 3 N–H and O–H groups in total. The number of methoxy groups -OCH3 is 1. The first-order valence-electron chi connectivity index (χ1n) is 8.70. The Bertz CT molecular complexity index is 921. The number of nitrogens with one attached hydrogen (secondary N) is 1. The van der Waals surface area contributed by atoms with Gasteiger partial charge in [0.05, 0.1) is 12.1 Å². The number of carbonyl (C=O) groups is 3. The van der Waals surface area contributed by atoms with Gasteiger partial charge in [0.1, 0.15) is 6.04 Å². The maximum atomic E-state index is 13.1. The van der Waals surface area contributed by atoms with Crippen molar-refractivity contribution in [1.82, 2.24) is 9.88 Å². The summed E-state index contributed by atoms with van der Waals surface area (Å²) in [6, 6.07) is 2.26. The number of nitrogens with zero attached hydrogens (tertiary/aromatic N) is 2. The molecule has 3 rings (SSSR count). The molecule has 1 aromatic carbocycles. The lowest BCUT2D eigenvalue weighted by Gasteiger charge is -2.24. The normalized spacial score (nSPS) is 15.8. The molecule has 3 amide bonds. The third-order valence-corrected chi connectivity index (χ3v) is 5.28. The van der Waals surface area contributed by atoms with E-state index in [4.69, 9.17) is 26.8 Å². The highest BCUT2D eigenvalue weighted by molar-refractivity contribution is 7.13. The first kappa shape index (κ1) is 20.9. The fourth-order valence-corrected chi connectivity index (χ4v) is 3.85. The Labute approximate surface area is 175 Å². The van der Waals surface area contributed by atoms with Crippen molar-refractivity contribution in [2.75, 3.05) is 25.6 Å². The molecule has 0 spiro atoms. The minimum atomic E-state index is -0.672. The number of hydrogen-bond donors (Lipinski definition) is 2. The Kier molecular flexibility index (Phi) is 6.55. The van der Waals surface area contributed by atoms with Gasteiger partial charge in [-0.15, -0.1) is 11.3 Å². The number of nitrogens with two attached hydrogens (primary N) is 1. The minimum absolute atomic E-state index is 0.0944. The Morgan fingerprint density at radius 2 is 2.21 bits per heavy atom. The van der Waals surface area contributed by atoms with Crippen LogP contribution in [0.15, 0.2) is 23.7 Å². The smallest absolute Gasteiger partial charge is 0.255 e. The molecule has 154 valence electrons. The van der Waals surface area contributed by atoms with E-state index < -0.39 is 11.9 Å². The molecule has 0 radical (unpaired) electrons. The zero-order chi connectivity index (χ0) is 21.0. The molecule has 1 aromatic heterocycles. The average molecular weight is 439 g/mol. The lowest BCUT2D eigenvalue weighted by Crippen LogP contribution is -2.43. The minimum Gasteiger partial charge on any atom is -0.493 e. The van der Waals surface area contributed by atoms with Gasteiger partial charge in [-0.05, 0) is 25.0 Å². The molecule has 1 fully saturated rings. The summed E-state index contributed by atoms with van der Waals surface area (Å²) in [5.74, 6) is -1.02. The van der Waals surface area contributed by atoms with E-state index in [1.807, 2.05) is 0 Å². The van der Waals surface area contributed by atoms with E-state index >= 15 is 0 Å². The van der Waals surface area contributed by atoms with Crippen molar-refractivity contribution in [2.24, 2.45) is 5.73 Å². The number of hydrogen-bond acceptors (Lipinski definition) is 7. The van der Waals surface area contributed by atoms with Crippen LogP contribution in [0.1, 0.15) is 23.2 Å². The molecular formula is C18H19ClN4O5S. The zero-order valence-electron chi connectivity index (χ0n) is 15.5. The van der Waals surface area contributed by atoms with Gasteiger partial charge in [0.15, 0.2) is 23.2 Å². The molecule has 1 aliphatic heterocycles. The van der Waals surface area contributed by atoms with Gasteiger partial charge in [0.2, 0.25) is 5.91 Å². The van der Waals surface area contributed by atoms with Crippen molar-refractivity contribution < 1.29 is 23.9 Å². The fraction of sp³-hybridized carbons (Fsp3) is 0.333. The number of aromatic nitrogens is 1. The molecule has 9 nitrogen and oxygen atoms in total. The lowest BCUT2D eigenvalue weighted by atomic mass is 10.1. The predicted molar refractivity (Wildman–Crippen MR) is 107 cm³/mol. The van der Waals surface area contributed by atoms with Crippen LogP contribution in [0.2, 0.25) is 5.02 Å². The number of anilines is 1. The van der Waals surface area contributed by atoms with Crippen LogP contribution in [0.3, 0.4) is 0 Å². The summed E-state index contributed by atoms with van der Waals surface area (Å²) in [5.41, 5.74) is 5.33. The molecule has 1 aliphatic rings. The topological polar surface area (TPSA) is 124 Å². The molecule has 0 bridgehead atoms. The van der Waals surface area contributed by atoms with E-state index in [1.54, 1.807) is 11.6 Å². The average Bonchev–Trinajstić information content (AvgIpc) is 3.37. The van der Waals surface area contributed by atoms with Crippen LogP contribution in [-0.4, -0.2) is 53.9 Å². The van der Waals surface area contributed by atoms with Crippen LogP contribution in [0.4, 0.5) is 5.13 Å². The highest BCUT2D eigenvalue weighted by atomic mass is 35.5. The third-order valence-electron chi connectivity index (χ3n) is 4.31. The van der Waals surface area contributed by atoms with Crippen molar-refractivity contribution in [3.63, 3.8) is 0 Å². The van der Waals surface area contributed by atoms with Crippen LogP contribution < -0.4 is 20.5 Å². The first-order valence-corrected chi connectivity index (χ1v) is 9.96. The lowest BCUT2D eigenvalue weighted by molar-refractivity contribution is -0.120. The maximum absolute atomic E-state index is 13.1. The van der Waals surface area contributed by atoms with E-state index in [0.717, 1.165) is 0 Å². The van der Waals surface area contributed by atoms with Gasteiger partial charge in [0, 0.05) is 23.7 Å². The highest BCUT2D eigenvalue weighted by Crippen LogP contribution is 2.37. The molecule has 11 heteroatoms. The van der Waals surface area contributed by atoms with E-state index in [1.165, 1.54) is 35.5 Å². The number of rotatable bonds is 7. The van der Waals surface area contributed by atoms with Crippen molar-refractivity contribution in [2.45, 2.75) is 18.9 Å². The summed E-state index contributed by atoms with van der Waals surface area (Å²) in [5, 5.41) is 5.06. The quantitative estimate of drug-likeness (QED) is 0.680. The van der Waals surface area contributed by atoms with Crippen LogP contribution in [0.25, 0.3) is 0 Å². The molecular weight excluding hydrogens is 420 g/mol. The molecule has 1 saturated heterocycles. The molecule has 2 aromatic rings. The van der Waals surface area contributed by atoms with Gasteiger partial charge in [-0.2, -0.15) is 0 Å². The number of ether oxygens (including phenoxy) is 2. The number of thiazole rings is 1. The van der Waals surface area contributed by atoms with Crippen LogP contribution in [0.5, 0.6) is 11.5 Å². The van der Waals surface area contributed by atoms with Crippen molar-refractivity contribution >= 4 is 45.8 Å². The second kappa shape index (κ2) is 9.10. The second-order valence-corrected chi connectivity index (χ2v) is 7.53. The summed E-state index contributed by atoms with van der Waals surface area (Å²) in [4.78, 5) is 42.2. The summed E-state index contributed by atoms with van der Waals surface area (Å²) < 4.78 is 10.5. The summed E-state index contributed by atoms with van der Waals surface area (Å²) in [7, 11) is 1.39. The van der Waals surface area contributed by atoms with E-state index in [9.17, 15) is 14.4 Å². The monoisotopic (exact) mass is 438 g/mol. The van der Waals surface area contributed by atoms with Crippen molar-refractivity contribution in [3.8, 4) is 11.5 Å². The van der Waals surface area contributed by atoms with Gasteiger partial charge in [0.25, 0.3) is 11.8 Å².